The lowest BCUT2D eigenvalue weighted by Gasteiger charge is -1.98. The maximum absolute atomic E-state index is 10.9. The molecule has 0 fully saturated rings. The van der Waals surface area contributed by atoms with E-state index in [0.29, 0.717) is 11.4 Å². The Kier molecular flexibility index (Phi) is 2.94. The highest BCUT2D eigenvalue weighted by Crippen LogP contribution is 2.05. The molecule has 0 radical (unpaired) electrons. The van der Waals surface area contributed by atoms with E-state index in [2.05, 4.69) is 4.98 Å². The van der Waals surface area contributed by atoms with Gasteiger partial charge < -0.3 is 0 Å². The summed E-state index contributed by atoms with van der Waals surface area (Å²) in [7, 11) is -0.920. The van der Waals surface area contributed by atoms with Gasteiger partial charge >= 0.3 is 0 Å². The largest absolute Gasteiger partial charge is 0.260 e. The lowest BCUT2D eigenvalue weighted by atomic mass is 10.2. The second-order valence-corrected chi connectivity index (χ2v) is 3.78. The van der Waals surface area contributed by atoms with Crippen molar-refractivity contribution in [3.05, 3.63) is 29.6 Å². The van der Waals surface area contributed by atoms with E-state index in [0.717, 1.165) is 5.56 Å². The standard InChI is InChI=1S/C8H8N2OS/c1-12(11)6-7-3-2-4-10-8(7)5-9/h2-4H,6H2,1H3. The van der Waals surface area contributed by atoms with Crippen LogP contribution in [0.3, 0.4) is 0 Å². The van der Waals surface area contributed by atoms with E-state index in [1.807, 2.05) is 6.07 Å². The fourth-order valence-electron chi connectivity index (χ4n) is 0.875. The van der Waals surface area contributed by atoms with Crippen molar-refractivity contribution < 1.29 is 4.21 Å². The van der Waals surface area contributed by atoms with Gasteiger partial charge in [-0.15, -0.1) is 0 Å². The third-order valence-electron chi connectivity index (χ3n) is 1.36. The molecule has 0 aromatic carbocycles. The molecule has 4 heteroatoms. The van der Waals surface area contributed by atoms with Crippen molar-refractivity contribution >= 4 is 10.8 Å². The predicted octanol–water partition coefficient (Wildman–Crippen LogP) is 0.832. The molecule has 0 saturated heterocycles. The SMILES string of the molecule is CS(=O)Cc1cccnc1C#N. The minimum Gasteiger partial charge on any atom is -0.260 e. The zero-order valence-electron chi connectivity index (χ0n) is 6.65. The number of aromatic nitrogens is 1. The molecule has 0 saturated carbocycles. The third kappa shape index (κ3) is 2.14. The molecule has 3 nitrogen and oxygen atoms in total. The maximum atomic E-state index is 10.9. The summed E-state index contributed by atoms with van der Waals surface area (Å²) in [6.07, 6.45) is 3.16. The Hall–Kier alpha value is -1.21. The second kappa shape index (κ2) is 3.98. The molecule has 0 amide bonds. The predicted molar refractivity (Wildman–Crippen MR) is 46.7 cm³/mol. The highest BCUT2D eigenvalue weighted by molar-refractivity contribution is 7.83. The van der Waals surface area contributed by atoms with Gasteiger partial charge in [0.25, 0.3) is 0 Å². The lowest BCUT2D eigenvalue weighted by molar-refractivity contribution is 0.686. The van der Waals surface area contributed by atoms with E-state index in [4.69, 9.17) is 5.26 Å². The minimum atomic E-state index is -0.920. The Morgan fingerprint density at radius 2 is 2.50 bits per heavy atom. The van der Waals surface area contributed by atoms with Crippen molar-refractivity contribution in [2.45, 2.75) is 5.75 Å². The lowest BCUT2D eigenvalue weighted by Crippen LogP contribution is -1.97. The first-order chi connectivity index (χ1) is 5.74. The fraction of sp³-hybridized carbons (Fsp3) is 0.250. The molecule has 0 spiro atoms. The molecule has 0 bridgehead atoms. The van der Waals surface area contributed by atoms with E-state index in [9.17, 15) is 4.21 Å². The Morgan fingerprint density at radius 1 is 1.75 bits per heavy atom. The minimum absolute atomic E-state index is 0.368. The smallest absolute Gasteiger partial charge is 0.144 e. The molecular formula is C8H8N2OS. The quantitative estimate of drug-likeness (QED) is 0.677. The molecule has 1 atom stereocenters. The molecule has 1 rings (SSSR count). The van der Waals surface area contributed by atoms with Gasteiger partial charge in [-0.2, -0.15) is 5.26 Å². The average molecular weight is 180 g/mol. The van der Waals surface area contributed by atoms with Crippen molar-refractivity contribution in [1.82, 2.24) is 4.98 Å². The molecule has 0 aliphatic rings. The van der Waals surface area contributed by atoms with Crippen LogP contribution in [0.1, 0.15) is 11.3 Å². The zero-order valence-corrected chi connectivity index (χ0v) is 7.47. The van der Waals surface area contributed by atoms with E-state index in [-0.39, 0.29) is 0 Å². The highest BCUT2D eigenvalue weighted by Gasteiger charge is 2.02. The first kappa shape index (κ1) is 8.88. The number of hydrogen-bond donors (Lipinski definition) is 0. The number of nitriles is 1. The van der Waals surface area contributed by atoms with Gasteiger partial charge in [-0.3, -0.25) is 4.21 Å². The van der Waals surface area contributed by atoms with Crippen molar-refractivity contribution in [3.63, 3.8) is 0 Å². The van der Waals surface area contributed by atoms with Gasteiger partial charge in [0.1, 0.15) is 11.8 Å². The van der Waals surface area contributed by atoms with Crippen LogP contribution in [0.5, 0.6) is 0 Å². The van der Waals surface area contributed by atoms with Gasteiger partial charge in [0.15, 0.2) is 0 Å². The third-order valence-corrected chi connectivity index (χ3v) is 2.07. The highest BCUT2D eigenvalue weighted by atomic mass is 32.2. The van der Waals surface area contributed by atoms with Gasteiger partial charge in [0.2, 0.25) is 0 Å². The van der Waals surface area contributed by atoms with Crippen LogP contribution < -0.4 is 0 Å². The average Bonchev–Trinajstić information content (AvgIpc) is 2.04. The zero-order chi connectivity index (χ0) is 8.97. The molecule has 0 aliphatic carbocycles. The van der Waals surface area contributed by atoms with Gasteiger partial charge in [-0.1, -0.05) is 6.07 Å². The summed E-state index contributed by atoms with van der Waals surface area (Å²) in [4.78, 5) is 3.85. The molecule has 0 aliphatic heterocycles. The van der Waals surface area contributed by atoms with Crippen LogP contribution in [0.2, 0.25) is 0 Å². The van der Waals surface area contributed by atoms with Crippen LogP contribution in [-0.4, -0.2) is 15.4 Å². The molecule has 1 heterocycles. The molecule has 1 aromatic rings. The summed E-state index contributed by atoms with van der Waals surface area (Å²) < 4.78 is 10.9. The second-order valence-electron chi connectivity index (χ2n) is 2.34. The Morgan fingerprint density at radius 3 is 3.08 bits per heavy atom. The summed E-state index contributed by atoms with van der Waals surface area (Å²) >= 11 is 0. The normalized spacial score (nSPS) is 12.0. The first-order valence-corrected chi connectivity index (χ1v) is 5.11. The van der Waals surface area contributed by atoms with Crippen LogP contribution in [0.15, 0.2) is 18.3 Å². The van der Waals surface area contributed by atoms with E-state index in [1.54, 1.807) is 24.6 Å². The number of nitrogens with zero attached hydrogens (tertiary/aromatic N) is 2. The van der Waals surface area contributed by atoms with E-state index >= 15 is 0 Å². The molecular weight excluding hydrogens is 172 g/mol. The Balaban J connectivity index is 2.99. The van der Waals surface area contributed by atoms with Crippen LogP contribution >= 0.6 is 0 Å². The fourth-order valence-corrected chi connectivity index (χ4v) is 1.55. The monoisotopic (exact) mass is 180 g/mol. The summed E-state index contributed by atoms with van der Waals surface area (Å²) in [6.45, 7) is 0. The number of rotatable bonds is 2. The first-order valence-electron chi connectivity index (χ1n) is 3.38. The Bertz CT molecular complexity index is 343. The summed E-state index contributed by atoms with van der Waals surface area (Å²) in [5, 5.41) is 8.62. The van der Waals surface area contributed by atoms with Crippen LogP contribution in [0, 0.1) is 11.3 Å². The molecule has 12 heavy (non-hydrogen) atoms. The summed E-state index contributed by atoms with van der Waals surface area (Å²) in [6, 6.07) is 5.47. The van der Waals surface area contributed by atoms with Gasteiger partial charge in [0, 0.05) is 28.8 Å². The van der Waals surface area contributed by atoms with Crippen molar-refractivity contribution in [1.29, 1.82) is 5.26 Å². The van der Waals surface area contributed by atoms with Crippen molar-refractivity contribution in [2.24, 2.45) is 0 Å². The van der Waals surface area contributed by atoms with Gasteiger partial charge in [-0.05, 0) is 6.07 Å². The summed E-state index contributed by atoms with van der Waals surface area (Å²) in [5.74, 6) is 0.400. The van der Waals surface area contributed by atoms with Gasteiger partial charge in [0.05, 0.1) is 5.75 Å². The molecule has 1 unspecified atom stereocenters. The number of hydrogen-bond acceptors (Lipinski definition) is 3. The van der Waals surface area contributed by atoms with Crippen molar-refractivity contribution in [2.75, 3.05) is 6.26 Å². The summed E-state index contributed by atoms with van der Waals surface area (Å²) in [5.41, 5.74) is 1.12. The number of pyridine rings is 1. The van der Waals surface area contributed by atoms with E-state index in [1.165, 1.54) is 0 Å². The van der Waals surface area contributed by atoms with Crippen LogP contribution in [0.25, 0.3) is 0 Å². The van der Waals surface area contributed by atoms with E-state index < -0.39 is 10.8 Å². The van der Waals surface area contributed by atoms with Crippen LogP contribution in [0.4, 0.5) is 0 Å². The molecule has 62 valence electrons. The van der Waals surface area contributed by atoms with Crippen molar-refractivity contribution in [3.8, 4) is 6.07 Å². The topological polar surface area (TPSA) is 53.8 Å². The molecule has 1 aromatic heterocycles. The van der Waals surface area contributed by atoms with Crippen LogP contribution in [-0.2, 0) is 16.6 Å². The van der Waals surface area contributed by atoms with Gasteiger partial charge in [-0.25, -0.2) is 4.98 Å². The Labute approximate surface area is 73.5 Å². The molecule has 0 N–H and O–H groups in total. The maximum Gasteiger partial charge on any atom is 0.144 e.